The van der Waals surface area contributed by atoms with Crippen molar-refractivity contribution in [2.75, 3.05) is 0 Å². The van der Waals surface area contributed by atoms with Crippen molar-refractivity contribution in [1.82, 2.24) is 10.3 Å². The van der Waals surface area contributed by atoms with Crippen molar-refractivity contribution in [3.8, 4) is 0 Å². The van der Waals surface area contributed by atoms with E-state index < -0.39 is 71.8 Å². The summed E-state index contributed by atoms with van der Waals surface area (Å²) >= 11 is 0. The molecule has 4 bridgehead atoms. The van der Waals surface area contributed by atoms with Crippen LogP contribution in [-0.4, -0.2) is 70.0 Å². The quantitative estimate of drug-likeness (QED) is 0.185. The standard InChI is InChI=1S/C36H42N2O9/c1-19-17-20(2)36-24(12-14-25-28(36)29(40)21(3)31(32(25)47-36)46-34(42)26-11-8-16-37-26)13-15-27(39)45-30(19)22(4)44-35(43)33(41)38-18-23-9-6-5-7-10-23/h5-12,14,16-17,19,21-22,24-25,28-32,37,40H,13,15,18H2,1-4H3,(H,38,41)/b20-17+/t19-,21-,22-,24?,25?,28?,29-,30?,31-,32-,36+/m1/s1. The number of aliphatic hydroxyl groups is 1. The maximum atomic E-state index is 13.2. The van der Waals surface area contributed by atoms with Crippen molar-refractivity contribution < 1.29 is 43.2 Å². The average Bonchev–Trinajstić information content (AvgIpc) is 3.66. The number of aliphatic hydroxyl groups excluding tert-OH is 1. The van der Waals surface area contributed by atoms with E-state index >= 15 is 0 Å². The zero-order valence-electron chi connectivity index (χ0n) is 27.0. The summed E-state index contributed by atoms with van der Waals surface area (Å²) in [7, 11) is 0. The summed E-state index contributed by atoms with van der Waals surface area (Å²) in [6.07, 6.45) is 4.26. The molecule has 1 spiro atoms. The molecule has 4 unspecified atom stereocenters. The first-order valence-corrected chi connectivity index (χ1v) is 16.3. The fourth-order valence-electron chi connectivity index (χ4n) is 8.08. The second-order valence-corrected chi connectivity index (χ2v) is 13.3. The molecule has 1 aromatic heterocycles. The Morgan fingerprint density at radius 2 is 1.89 bits per heavy atom. The molecule has 3 heterocycles. The van der Waals surface area contributed by atoms with Crippen LogP contribution in [0.4, 0.5) is 0 Å². The lowest BCUT2D eigenvalue weighted by atomic mass is 9.57. The van der Waals surface area contributed by atoms with Crippen LogP contribution >= 0.6 is 0 Å². The van der Waals surface area contributed by atoms with E-state index in [1.54, 1.807) is 25.3 Å². The SMILES string of the molecule is C/C1=C\[C@@H](C)C([C@@H](C)OC(=O)C(=O)NCc2ccccc2)OC(=O)CCC2C=CC3C4[C@H](O)[C@@H](C)[C@@H](OC(=O)c5ccc[nH]5)[C@@H]3O[C@@]124. The van der Waals surface area contributed by atoms with Gasteiger partial charge in [-0.1, -0.05) is 62.4 Å². The first kappa shape index (κ1) is 32.7. The molecular weight excluding hydrogens is 604 g/mol. The number of benzene rings is 1. The molecular formula is C36H42N2O9. The van der Waals surface area contributed by atoms with Crippen molar-refractivity contribution in [1.29, 1.82) is 0 Å². The molecule has 2 fully saturated rings. The zero-order valence-corrected chi connectivity index (χ0v) is 27.0. The number of esters is 3. The molecule has 11 nitrogen and oxygen atoms in total. The number of amides is 1. The van der Waals surface area contributed by atoms with Gasteiger partial charge < -0.3 is 34.4 Å². The van der Waals surface area contributed by atoms with E-state index in [9.17, 15) is 24.3 Å². The molecule has 2 aliphatic carbocycles. The van der Waals surface area contributed by atoms with Gasteiger partial charge in [-0.2, -0.15) is 0 Å². The summed E-state index contributed by atoms with van der Waals surface area (Å²) in [5.41, 5.74) is 1.04. The van der Waals surface area contributed by atoms with Crippen LogP contribution in [0.5, 0.6) is 0 Å². The highest BCUT2D eigenvalue weighted by Gasteiger charge is 2.68. The Hall–Kier alpha value is -4.22. The smallest absolute Gasteiger partial charge is 0.397 e. The second kappa shape index (κ2) is 13.1. The predicted molar refractivity (Wildman–Crippen MR) is 168 cm³/mol. The Kier molecular flexibility index (Phi) is 9.13. The van der Waals surface area contributed by atoms with Crippen LogP contribution in [0.2, 0.25) is 0 Å². The van der Waals surface area contributed by atoms with Crippen LogP contribution in [0.15, 0.2) is 72.5 Å². The monoisotopic (exact) mass is 646 g/mol. The summed E-state index contributed by atoms with van der Waals surface area (Å²) in [6.45, 7) is 7.44. The lowest BCUT2D eigenvalue weighted by Gasteiger charge is -2.48. The molecule has 2 aliphatic heterocycles. The lowest BCUT2D eigenvalue weighted by Crippen LogP contribution is -2.56. The first-order valence-electron chi connectivity index (χ1n) is 16.3. The van der Waals surface area contributed by atoms with Gasteiger partial charge in [-0.25, -0.2) is 9.59 Å². The van der Waals surface area contributed by atoms with Crippen molar-refractivity contribution in [2.24, 2.45) is 29.6 Å². The number of carbonyl (C=O) groups is 4. The molecule has 4 aliphatic rings. The Morgan fingerprint density at radius 1 is 1.13 bits per heavy atom. The molecule has 11 heteroatoms. The minimum absolute atomic E-state index is 0.0633. The highest BCUT2D eigenvalue weighted by molar-refractivity contribution is 6.32. The summed E-state index contributed by atoms with van der Waals surface area (Å²) in [6, 6.07) is 12.5. The van der Waals surface area contributed by atoms with Gasteiger partial charge in [0, 0.05) is 48.8 Å². The third-order valence-electron chi connectivity index (χ3n) is 10.4. The van der Waals surface area contributed by atoms with Crippen molar-refractivity contribution in [2.45, 2.75) is 83.2 Å². The van der Waals surface area contributed by atoms with Crippen LogP contribution < -0.4 is 5.32 Å². The molecule has 2 aromatic rings. The summed E-state index contributed by atoms with van der Waals surface area (Å²) in [4.78, 5) is 54.3. The number of nitrogens with one attached hydrogen (secondary N) is 2. The fraction of sp³-hybridized carbons (Fsp3) is 0.500. The third kappa shape index (κ3) is 6.02. The Morgan fingerprint density at radius 3 is 2.62 bits per heavy atom. The summed E-state index contributed by atoms with van der Waals surface area (Å²) in [5.74, 6) is -4.60. The lowest BCUT2D eigenvalue weighted by molar-refractivity contribution is -0.172. The highest BCUT2D eigenvalue weighted by atomic mass is 16.6. The number of hydrogen-bond acceptors (Lipinski definition) is 9. The first-order chi connectivity index (χ1) is 22.5. The normalized spacial score (nSPS) is 36.1. The molecule has 6 rings (SSSR count). The molecule has 1 saturated carbocycles. The van der Waals surface area contributed by atoms with Crippen molar-refractivity contribution in [3.05, 3.63) is 83.7 Å². The van der Waals surface area contributed by atoms with Crippen molar-refractivity contribution in [3.63, 3.8) is 0 Å². The van der Waals surface area contributed by atoms with E-state index in [-0.39, 0.29) is 30.7 Å². The maximum absolute atomic E-state index is 13.2. The number of H-pyrrole nitrogens is 1. The number of cyclic esters (lactones) is 1. The molecule has 0 radical (unpaired) electrons. The Bertz CT molecular complexity index is 1550. The number of aromatic nitrogens is 1. The van der Waals surface area contributed by atoms with Gasteiger partial charge in [-0.15, -0.1) is 0 Å². The van der Waals surface area contributed by atoms with Gasteiger partial charge in [-0.3, -0.25) is 9.59 Å². The van der Waals surface area contributed by atoms with Gasteiger partial charge in [0.1, 0.15) is 35.7 Å². The third-order valence-corrected chi connectivity index (χ3v) is 10.4. The molecule has 250 valence electrons. The van der Waals surface area contributed by atoms with E-state index in [1.807, 2.05) is 63.3 Å². The van der Waals surface area contributed by atoms with Gasteiger partial charge in [0.15, 0.2) is 0 Å². The maximum Gasteiger partial charge on any atom is 0.397 e. The highest BCUT2D eigenvalue weighted by Crippen LogP contribution is 2.61. The molecule has 3 N–H and O–H groups in total. The second-order valence-electron chi connectivity index (χ2n) is 13.3. The number of rotatable bonds is 6. The summed E-state index contributed by atoms with van der Waals surface area (Å²) in [5, 5.41) is 14.4. The van der Waals surface area contributed by atoms with Gasteiger partial charge in [-0.05, 0) is 43.5 Å². The van der Waals surface area contributed by atoms with E-state index in [0.29, 0.717) is 12.1 Å². The molecule has 1 aromatic carbocycles. The van der Waals surface area contributed by atoms with Crippen molar-refractivity contribution >= 4 is 23.8 Å². The largest absolute Gasteiger partial charge is 0.458 e. The van der Waals surface area contributed by atoms with Crippen LogP contribution in [0.1, 0.15) is 56.6 Å². The number of aromatic amines is 1. The van der Waals surface area contributed by atoms with Crippen LogP contribution in [0, 0.1) is 29.6 Å². The van der Waals surface area contributed by atoms with Gasteiger partial charge in [0.25, 0.3) is 0 Å². The van der Waals surface area contributed by atoms with Crippen LogP contribution in [-0.2, 0) is 39.9 Å². The number of hydrogen-bond donors (Lipinski definition) is 3. The van der Waals surface area contributed by atoms with Gasteiger partial charge in [0.05, 0.1) is 6.10 Å². The van der Waals surface area contributed by atoms with E-state index in [2.05, 4.69) is 16.4 Å². The number of ether oxygens (including phenoxy) is 4. The molecule has 11 atom stereocenters. The molecule has 47 heavy (non-hydrogen) atoms. The van der Waals surface area contributed by atoms with E-state index in [1.165, 1.54) is 0 Å². The van der Waals surface area contributed by atoms with Crippen LogP contribution in [0.25, 0.3) is 0 Å². The number of carbonyl (C=O) groups excluding carboxylic acids is 4. The topological polar surface area (TPSA) is 153 Å². The minimum Gasteiger partial charge on any atom is -0.458 e. The Labute approximate surface area is 273 Å². The predicted octanol–water partition coefficient (Wildman–Crippen LogP) is 3.64. The van der Waals surface area contributed by atoms with E-state index in [0.717, 1.165) is 11.1 Å². The Balaban J connectivity index is 1.23. The fourth-order valence-corrected chi connectivity index (χ4v) is 8.08. The molecule has 1 saturated heterocycles. The molecule has 1 amide bonds. The van der Waals surface area contributed by atoms with Crippen LogP contribution in [0.3, 0.4) is 0 Å². The average molecular weight is 647 g/mol. The van der Waals surface area contributed by atoms with Gasteiger partial charge >= 0.3 is 23.8 Å². The zero-order chi connectivity index (χ0) is 33.5. The van der Waals surface area contributed by atoms with Gasteiger partial charge in [0.2, 0.25) is 0 Å². The van der Waals surface area contributed by atoms with E-state index in [4.69, 9.17) is 18.9 Å². The summed E-state index contributed by atoms with van der Waals surface area (Å²) < 4.78 is 24.4. The minimum atomic E-state index is -1.07.